The quantitative estimate of drug-likeness (QED) is 0.181. The van der Waals surface area contributed by atoms with E-state index in [9.17, 15) is 50.1 Å². The highest BCUT2D eigenvalue weighted by Crippen LogP contribution is 2.72. The molecule has 12 atom stereocenters. The van der Waals surface area contributed by atoms with Crippen molar-refractivity contribution in [3.05, 3.63) is 22.8 Å². The van der Waals surface area contributed by atoms with Gasteiger partial charge in [-0.3, -0.25) is 14.4 Å². The highest BCUT2D eigenvalue weighted by molar-refractivity contribution is 5.94. The smallest absolute Gasteiger partial charge is 0.303 e. The summed E-state index contributed by atoms with van der Waals surface area (Å²) in [6, 6.07) is 1.54. The molecule has 1 heterocycles. The van der Waals surface area contributed by atoms with E-state index in [4.69, 9.17) is 14.2 Å². The summed E-state index contributed by atoms with van der Waals surface area (Å²) in [6.07, 6.45) is -7.67. The monoisotopic (exact) mass is 706 g/mol. The van der Waals surface area contributed by atoms with Crippen molar-refractivity contribution < 1.29 is 64.3 Å². The zero-order valence-corrected chi connectivity index (χ0v) is 30.2. The van der Waals surface area contributed by atoms with Crippen molar-refractivity contribution in [2.45, 2.75) is 147 Å². The van der Waals surface area contributed by atoms with Gasteiger partial charge < -0.3 is 50.0 Å². The predicted octanol–water partition coefficient (Wildman–Crippen LogP) is 1.51. The number of Topliss-reactive ketones (excluding diaryl/α,β-unsaturated/α-hetero) is 2. The Bertz CT molecular complexity index is 1540. The summed E-state index contributed by atoms with van der Waals surface area (Å²) >= 11 is 0. The van der Waals surface area contributed by atoms with Crippen LogP contribution in [0.15, 0.2) is 6.07 Å². The molecular formula is C37H54O13. The third-order valence-electron chi connectivity index (χ3n) is 13.1. The number of phenols is 1. The molecule has 1 aromatic rings. The van der Waals surface area contributed by atoms with Gasteiger partial charge in [0.1, 0.15) is 41.4 Å². The number of hydrogen-bond donors (Lipinski definition) is 7. The van der Waals surface area contributed by atoms with Gasteiger partial charge in [0.05, 0.1) is 18.1 Å². The number of aromatic hydroxyl groups is 1. The van der Waals surface area contributed by atoms with Crippen molar-refractivity contribution in [1.82, 2.24) is 0 Å². The minimum absolute atomic E-state index is 0.0527. The number of aliphatic hydroxyl groups excluding tert-OH is 5. The first-order valence-corrected chi connectivity index (χ1v) is 17.5. The lowest BCUT2D eigenvalue weighted by molar-refractivity contribution is -0.277. The first-order chi connectivity index (χ1) is 23.0. The van der Waals surface area contributed by atoms with Gasteiger partial charge in [-0.1, -0.05) is 13.8 Å². The van der Waals surface area contributed by atoms with E-state index in [1.54, 1.807) is 26.8 Å². The van der Waals surface area contributed by atoms with Crippen molar-refractivity contribution in [2.75, 3.05) is 6.61 Å². The third kappa shape index (κ3) is 5.77. The zero-order chi connectivity index (χ0) is 37.5. The Labute approximate surface area is 292 Å². The summed E-state index contributed by atoms with van der Waals surface area (Å²) in [4.78, 5) is 39.9. The standard InChI is InChI=1S/C37H54O13/c1-17-19-9-10-24-34(5)14-21(40)31(37(8,47)25(41)11-12-33(3,4)50-18(2)39)35(34,6)15-26(42)36(24,7)20(19)13-22(27(17)43)48-32-30(46)29(45)28(44)23(16-38)49-32/h13,21,23-24,28-32,38,40,43-47H,9-12,14-16H2,1-8H3/t21?,23?,24-,28?,29?,30?,31?,32?,34-,35+,36+,37?/m0/s1. The lowest BCUT2D eigenvalue weighted by atomic mass is 9.41. The molecule has 280 valence electrons. The van der Waals surface area contributed by atoms with E-state index in [2.05, 4.69) is 0 Å². The lowest BCUT2D eigenvalue weighted by Gasteiger charge is -2.61. The summed E-state index contributed by atoms with van der Waals surface area (Å²) in [6.45, 7) is 12.8. The fraction of sp³-hybridized carbons (Fsp3) is 0.757. The Morgan fingerprint density at radius 2 is 1.68 bits per heavy atom. The van der Waals surface area contributed by atoms with Gasteiger partial charge in [-0.2, -0.15) is 0 Å². The molecule has 1 aromatic carbocycles. The average Bonchev–Trinajstić information content (AvgIpc) is 3.22. The number of carbonyl (C=O) groups excluding carboxylic acids is 3. The zero-order valence-electron chi connectivity index (χ0n) is 30.2. The number of rotatable bonds is 9. The van der Waals surface area contributed by atoms with Crippen molar-refractivity contribution >= 4 is 17.5 Å². The van der Waals surface area contributed by atoms with E-state index >= 15 is 0 Å². The second-order valence-electron chi connectivity index (χ2n) is 16.6. The fourth-order valence-corrected chi connectivity index (χ4v) is 10.3. The molecule has 13 nitrogen and oxygen atoms in total. The Morgan fingerprint density at radius 3 is 2.28 bits per heavy atom. The van der Waals surface area contributed by atoms with Crippen LogP contribution in [0.2, 0.25) is 0 Å². The van der Waals surface area contributed by atoms with Crippen molar-refractivity contribution in [1.29, 1.82) is 0 Å². The van der Waals surface area contributed by atoms with Crippen molar-refractivity contribution in [3.63, 3.8) is 0 Å². The molecule has 2 saturated carbocycles. The molecule has 3 aliphatic carbocycles. The van der Waals surface area contributed by atoms with Gasteiger partial charge in [0.25, 0.3) is 0 Å². The minimum Gasteiger partial charge on any atom is -0.504 e. The Balaban J connectivity index is 1.49. The molecule has 13 heteroatoms. The van der Waals surface area contributed by atoms with Crippen LogP contribution in [0.25, 0.3) is 0 Å². The number of phenolic OH excluding ortho intramolecular Hbond substituents is 1. The van der Waals surface area contributed by atoms with Crippen molar-refractivity contribution in [2.24, 2.45) is 22.7 Å². The van der Waals surface area contributed by atoms with Gasteiger partial charge in [-0.15, -0.1) is 0 Å². The molecule has 1 aliphatic heterocycles. The van der Waals surface area contributed by atoms with Gasteiger partial charge >= 0.3 is 5.97 Å². The second-order valence-corrected chi connectivity index (χ2v) is 16.6. The number of fused-ring (bicyclic) bond motifs is 5. The molecule has 0 aromatic heterocycles. The molecular weight excluding hydrogens is 652 g/mol. The summed E-state index contributed by atoms with van der Waals surface area (Å²) in [5.41, 5.74) is -3.97. The molecule has 7 N–H and O–H groups in total. The van der Waals surface area contributed by atoms with Crippen LogP contribution in [0.4, 0.5) is 0 Å². The van der Waals surface area contributed by atoms with Crippen LogP contribution in [0.5, 0.6) is 11.5 Å². The van der Waals surface area contributed by atoms with Crippen LogP contribution < -0.4 is 4.74 Å². The van der Waals surface area contributed by atoms with Gasteiger partial charge in [-0.05, 0) is 99.8 Å². The van der Waals surface area contributed by atoms with Crippen LogP contribution >= 0.6 is 0 Å². The molecule has 0 spiro atoms. The lowest BCUT2D eigenvalue weighted by Crippen LogP contribution is -2.63. The Hall–Kier alpha value is -2.65. The molecule has 0 amide bonds. The molecule has 0 radical (unpaired) electrons. The highest BCUT2D eigenvalue weighted by Gasteiger charge is 2.73. The second kappa shape index (κ2) is 12.8. The number of aliphatic hydroxyl groups is 6. The molecule has 1 saturated heterocycles. The van der Waals surface area contributed by atoms with E-state index in [0.717, 1.165) is 5.56 Å². The van der Waals surface area contributed by atoms with Gasteiger partial charge in [0.15, 0.2) is 17.3 Å². The molecule has 5 rings (SSSR count). The van der Waals surface area contributed by atoms with Gasteiger partial charge in [0, 0.05) is 25.7 Å². The van der Waals surface area contributed by atoms with E-state index in [1.165, 1.54) is 13.8 Å². The van der Waals surface area contributed by atoms with Crippen LogP contribution in [0.3, 0.4) is 0 Å². The average molecular weight is 707 g/mol. The molecule has 8 unspecified atom stereocenters. The molecule has 50 heavy (non-hydrogen) atoms. The third-order valence-corrected chi connectivity index (χ3v) is 13.1. The Morgan fingerprint density at radius 1 is 1.04 bits per heavy atom. The summed E-state index contributed by atoms with van der Waals surface area (Å²) in [7, 11) is 0. The normalized spacial score (nSPS) is 39.5. The first-order valence-electron chi connectivity index (χ1n) is 17.5. The summed E-state index contributed by atoms with van der Waals surface area (Å²) in [5.74, 6) is -2.84. The van der Waals surface area contributed by atoms with Crippen molar-refractivity contribution in [3.8, 4) is 11.5 Å². The first kappa shape index (κ1) is 38.6. The van der Waals surface area contributed by atoms with E-state index in [-0.39, 0.29) is 48.9 Å². The number of esters is 1. The van der Waals surface area contributed by atoms with E-state index in [1.807, 2.05) is 20.8 Å². The predicted molar refractivity (Wildman–Crippen MR) is 177 cm³/mol. The topological polar surface area (TPSA) is 221 Å². The summed E-state index contributed by atoms with van der Waals surface area (Å²) in [5, 5.41) is 75.7. The molecule has 3 fully saturated rings. The maximum absolute atomic E-state index is 14.7. The van der Waals surface area contributed by atoms with Crippen LogP contribution in [-0.2, 0) is 35.7 Å². The minimum atomic E-state index is -1.99. The Kier molecular flexibility index (Phi) is 9.86. The highest BCUT2D eigenvalue weighted by atomic mass is 16.7. The molecule has 4 aliphatic rings. The number of carbonyl (C=O) groups is 3. The van der Waals surface area contributed by atoms with Crippen LogP contribution in [0.1, 0.15) is 97.3 Å². The van der Waals surface area contributed by atoms with Gasteiger partial charge in [-0.25, -0.2) is 0 Å². The maximum Gasteiger partial charge on any atom is 0.303 e. The maximum atomic E-state index is 14.7. The van der Waals surface area contributed by atoms with E-state index in [0.29, 0.717) is 24.0 Å². The molecule has 0 bridgehead atoms. The fourth-order valence-electron chi connectivity index (χ4n) is 10.3. The summed E-state index contributed by atoms with van der Waals surface area (Å²) < 4.78 is 16.8. The number of hydrogen-bond acceptors (Lipinski definition) is 13. The van der Waals surface area contributed by atoms with Crippen LogP contribution in [0, 0.1) is 29.6 Å². The van der Waals surface area contributed by atoms with Crippen LogP contribution in [-0.4, -0.2) is 108 Å². The number of ketones is 2. The number of benzene rings is 1. The van der Waals surface area contributed by atoms with Gasteiger partial charge in [0.2, 0.25) is 6.29 Å². The SMILES string of the molecule is CC(=O)OC(C)(C)CCC(=O)C(C)(O)C1C(O)C[C@@]2(C)[C@@H]3CCc4c(cc(OC5OC(CO)C(O)C(O)C5O)c(O)c4C)[C@@]3(C)C(=O)C[C@]12C. The number of ether oxygens (including phenoxy) is 3. The largest absolute Gasteiger partial charge is 0.504 e. The van der Waals surface area contributed by atoms with E-state index < -0.39 is 88.5 Å².